The van der Waals surface area contributed by atoms with Crippen LogP contribution in [0.1, 0.15) is 99.2 Å². The molecule has 1 nitrogen and oxygen atoms in total. The highest BCUT2D eigenvalue weighted by atomic mass is 15.2. The maximum absolute atomic E-state index is 2.64. The van der Waals surface area contributed by atoms with Crippen molar-refractivity contribution in [1.82, 2.24) is 4.90 Å². The maximum Gasteiger partial charge on any atom is 0.0394 e. The van der Waals surface area contributed by atoms with E-state index in [9.17, 15) is 0 Å². The first-order valence-corrected chi connectivity index (χ1v) is 11.3. The second-order valence-corrected chi connectivity index (χ2v) is 6.15. The largest absolute Gasteiger partial charge is 0.292 e. The summed E-state index contributed by atoms with van der Waals surface area (Å²) in [4.78, 5) is 2.64. The van der Waals surface area contributed by atoms with Crippen LogP contribution in [0.4, 0.5) is 0 Å². The van der Waals surface area contributed by atoms with E-state index in [-0.39, 0.29) is 0 Å². The van der Waals surface area contributed by atoms with Crippen LogP contribution in [-0.4, -0.2) is 18.0 Å². The Morgan fingerprint density at radius 3 is 2.11 bits per heavy atom. The summed E-state index contributed by atoms with van der Waals surface area (Å²) < 4.78 is 0. The van der Waals surface area contributed by atoms with Crippen LogP contribution >= 0.6 is 0 Å². The van der Waals surface area contributed by atoms with Gasteiger partial charge in [0.25, 0.3) is 0 Å². The van der Waals surface area contributed by atoms with E-state index in [0.29, 0.717) is 6.04 Å². The molecule has 1 unspecified atom stereocenters. The molecule has 1 aromatic carbocycles. The molecule has 0 bridgehead atoms. The van der Waals surface area contributed by atoms with Crippen molar-refractivity contribution in [3.63, 3.8) is 0 Å². The molecule has 0 aliphatic carbocycles. The quantitative estimate of drug-likeness (QED) is 0.478. The normalized spacial score (nSPS) is 17.5. The van der Waals surface area contributed by atoms with Crippen LogP contribution in [0.3, 0.4) is 0 Å². The van der Waals surface area contributed by atoms with E-state index in [1.165, 1.54) is 31.4 Å². The zero-order valence-corrected chi connectivity index (χ0v) is 20.0. The Labute approximate surface area is 171 Å². The summed E-state index contributed by atoms with van der Waals surface area (Å²) in [5.74, 6) is 0. The first-order chi connectivity index (χ1) is 13.2. The molecule has 1 heteroatoms. The first kappa shape index (κ1) is 27.9. The van der Waals surface area contributed by atoms with Gasteiger partial charge in [-0.15, -0.1) is 0 Å². The molecule has 2 aliphatic rings. The summed E-state index contributed by atoms with van der Waals surface area (Å²) in [7, 11) is 0. The van der Waals surface area contributed by atoms with Crippen molar-refractivity contribution >= 4 is 0 Å². The smallest absolute Gasteiger partial charge is 0.0394 e. The van der Waals surface area contributed by atoms with Gasteiger partial charge >= 0.3 is 0 Å². The highest BCUT2D eigenvalue weighted by Crippen LogP contribution is 2.38. The highest BCUT2D eigenvalue weighted by Gasteiger charge is 2.30. The lowest BCUT2D eigenvalue weighted by atomic mass is 9.84. The van der Waals surface area contributed by atoms with E-state index >= 15 is 0 Å². The number of benzene rings is 1. The number of fused-ring (bicyclic) bond motifs is 3. The second kappa shape index (κ2) is 18.0. The number of allylic oxidation sites excluding steroid dienone is 2. The minimum Gasteiger partial charge on any atom is -0.292 e. The van der Waals surface area contributed by atoms with Gasteiger partial charge in [0, 0.05) is 19.1 Å². The molecule has 0 saturated heterocycles. The molecule has 1 atom stereocenters. The minimum absolute atomic E-state index is 0.602. The summed E-state index contributed by atoms with van der Waals surface area (Å²) in [5.41, 5.74) is 6.19. The Kier molecular flexibility index (Phi) is 18.6. The van der Waals surface area contributed by atoms with Crippen molar-refractivity contribution in [1.29, 1.82) is 0 Å². The van der Waals surface area contributed by atoms with Gasteiger partial charge in [-0.1, -0.05) is 104 Å². The monoisotopic (exact) mass is 373 g/mol. The van der Waals surface area contributed by atoms with Gasteiger partial charge in [0.15, 0.2) is 0 Å². The fourth-order valence-corrected chi connectivity index (χ4v) is 3.33. The maximum atomic E-state index is 2.64. The molecule has 27 heavy (non-hydrogen) atoms. The van der Waals surface area contributed by atoms with Crippen molar-refractivity contribution in [3.05, 3.63) is 58.7 Å². The van der Waals surface area contributed by atoms with E-state index in [2.05, 4.69) is 69.0 Å². The molecule has 1 aromatic rings. The third-order valence-electron chi connectivity index (χ3n) is 4.29. The van der Waals surface area contributed by atoms with Crippen LogP contribution in [0, 0.1) is 0 Å². The van der Waals surface area contributed by atoms with Crippen LogP contribution in [0.5, 0.6) is 0 Å². The standard InChI is InChI=1S/C17H21N.C3H8.3C2H6/c1-3-6-15-11-17-16-8-5-4-7-14(16)9-10-18(17)12-13(15)2;1-3-2;3*1-2/h3-8,17H,9-12H2,1-2H3;3H2,1-2H3;3*1-2H3/b6-3-;;;;. The van der Waals surface area contributed by atoms with Gasteiger partial charge < -0.3 is 0 Å². The lowest BCUT2D eigenvalue weighted by Gasteiger charge is -2.41. The SMILES string of the molecule is C/C=C\C1=C(C)CN2CCc3ccccc3C2C1.CC.CC.CC.CCC. The molecule has 2 aliphatic heterocycles. The summed E-state index contributed by atoms with van der Waals surface area (Å²) in [6, 6.07) is 9.58. The van der Waals surface area contributed by atoms with Crippen LogP contribution in [-0.2, 0) is 6.42 Å². The van der Waals surface area contributed by atoms with Crippen molar-refractivity contribution in [2.75, 3.05) is 13.1 Å². The van der Waals surface area contributed by atoms with Gasteiger partial charge in [-0.3, -0.25) is 4.90 Å². The molecular formula is C26H47N. The van der Waals surface area contributed by atoms with Crippen LogP contribution in [0.2, 0.25) is 0 Å². The molecule has 0 aromatic heterocycles. The minimum atomic E-state index is 0.602. The number of hydrogen-bond acceptors (Lipinski definition) is 1. The molecule has 156 valence electrons. The Balaban J connectivity index is 0. The Morgan fingerprint density at radius 2 is 1.56 bits per heavy atom. The zero-order valence-electron chi connectivity index (χ0n) is 20.0. The molecule has 0 amide bonds. The summed E-state index contributed by atoms with van der Waals surface area (Å²) in [6.07, 6.45) is 8.10. The number of nitrogens with zero attached hydrogens (tertiary/aromatic N) is 1. The molecule has 0 spiro atoms. The third kappa shape index (κ3) is 8.93. The Morgan fingerprint density at radius 1 is 1.00 bits per heavy atom. The van der Waals surface area contributed by atoms with E-state index in [1.807, 2.05) is 41.5 Å². The molecule has 2 heterocycles. The van der Waals surface area contributed by atoms with E-state index < -0.39 is 0 Å². The lowest BCUT2D eigenvalue weighted by Crippen LogP contribution is -2.39. The fourth-order valence-electron chi connectivity index (χ4n) is 3.33. The highest BCUT2D eigenvalue weighted by molar-refractivity contribution is 5.38. The van der Waals surface area contributed by atoms with Gasteiger partial charge in [-0.2, -0.15) is 0 Å². The van der Waals surface area contributed by atoms with Crippen molar-refractivity contribution in [3.8, 4) is 0 Å². The van der Waals surface area contributed by atoms with Crippen LogP contribution in [0.15, 0.2) is 47.6 Å². The molecule has 3 rings (SSSR count). The molecule has 0 saturated carbocycles. The van der Waals surface area contributed by atoms with E-state index in [1.54, 1.807) is 16.7 Å². The van der Waals surface area contributed by atoms with Crippen LogP contribution < -0.4 is 0 Å². The molecule has 0 radical (unpaired) electrons. The Hall–Kier alpha value is -1.34. The molecule has 0 fully saturated rings. The van der Waals surface area contributed by atoms with Gasteiger partial charge in [0.1, 0.15) is 0 Å². The summed E-state index contributed by atoms with van der Waals surface area (Å²) >= 11 is 0. The average Bonchev–Trinajstić information content (AvgIpc) is 2.74. The van der Waals surface area contributed by atoms with Gasteiger partial charge in [-0.05, 0) is 43.4 Å². The van der Waals surface area contributed by atoms with Crippen molar-refractivity contribution in [2.45, 2.75) is 94.5 Å². The number of hydrogen-bond donors (Lipinski definition) is 0. The predicted octanol–water partition coefficient (Wildman–Crippen LogP) is 8.38. The average molecular weight is 374 g/mol. The lowest BCUT2D eigenvalue weighted by molar-refractivity contribution is 0.188. The fraction of sp³-hybridized carbons (Fsp3) is 0.615. The van der Waals surface area contributed by atoms with Gasteiger partial charge in [0.2, 0.25) is 0 Å². The predicted molar refractivity (Wildman–Crippen MR) is 127 cm³/mol. The first-order valence-electron chi connectivity index (χ1n) is 11.3. The summed E-state index contributed by atoms with van der Waals surface area (Å²) in [6.45, 7) is 23.0. The number of rotatable bonds is 1. The zero-order chi connectivity index (χ0) is 21.2. The van der Waals surface area contributed by atoms with Gasteiger partial charge in [-0.25, -0.2) is 0 Å². The van der Waals surface area contributed by atoms with Gasteiger partial charge in [0.05, 0.1) is 0 Å². The van der Waals surface area contributed by atoms with E-state index in [4.69, 9.17) is 0 Å². The topological polar surface area (TPSA) is 3.24 Å². The summed E-state index contributed by atoms with van der Waals surface area (Å²) in [5, 5.41) is 0. The molecular weight excluding hydrogens is 326 g/mol. The van der Waals surface area contributed by atoms with Crippen LogP contribution in [0.25, 0.3) is 0 Å². The third-order valence-corrected chi connectivity index (χ3v) is 4.29. The van der Waals surface area contributed by atoms with Crippen molar-refractivity contribution in [2.24, 2.45) is 0 Å². The molecule has 0 N–H and O–H groups in total. The second-order valence-electron chi connectivity index (χ2n) is 6.15. The van der Waals surface area contributed by atoms with E-state index in [0.717, 1.165) is 6.54 Å². The Bertz CT molecular complexity index is 525. The van der Waals surface area contributed by atoms with Crippen molar-refractivity contribution < 1.29 is 0 Å².